The van der Waals surface area contributed by atoms with E-state index in [4.69, 9.17) is 5.11 Å². The third kappa shape index (κ3) is 2.79. The highest BCUT2D eigenvalue weighted by molar-refractivity contribution is 7.08. The fraction of sp³-hybridized carbons (Fsp3) is 0.267. The molecule has 18 heavy (non-hydrogen) atoms. The second-order valence-electron chi connectivity index (χ2n) is 4.80. The molecular formula is C15H16O2S. The molecule has 3 heteroatoms. The first-order valence-electron chi connectivity index (χ1n) is 5.96. The van der Waals surface area contributed by atoms with E-state index in [1.807, 2.05) is 17.5 Å². The van der Waals surface area contributed by atoms with Gasteiger partial charge in [0.1, 0.15) is 0 Å². The van der Waals surface area contributed by atoms with Crippen molar-refractivity contribution in [2.24, 2.45) is 5.92 Å². The van der Waals surface area contributed by atoms with Crippen LogP contribution in [0.1, 0.15) is 29.8 Å². The molecule has 1 N–H and O–H groups in total. The number of benzene rings is 1. The van der Waals surface area contributed by atoms with Crippen molar-refractivity contribution in [1.29, 1.82) is 0 Å². The zero-order valence-corrected chi connectivity index (χ0v) is 11.3. The van der Waals surface area contributed by atoms with Crippen LogP contribution in [0.3, 0.4) is 0 Å². The predicted molar refractivity (Wildman–Crippen MR) is 75.3 cm³/mol. The lowest BCUT2D eigenvalue weighted by Gasteiger charge is -2.06. The van der Waals surface area contributed by atoms with Crippen LogP contribution in [0.25, 0.3) is 11.1 Å². The number of thiophene rings is 1. The van der Waals surface area contributed by atoms with Crippen molar-refractivity contribution in [3.8, 4) is 11.1 Å². The van der Waals surface area contributed by atoms with Crippen LogP contribution in [0.4, 0.5) is 0 Å². The van der Waals surface area contributed by atoms with Gasteiger partial charge in [0.2, 0.25) is 0 Å². The molecule has 1 heterocycles. The second-order valence-corrected chi connectivity index (χ2v) is 5.54. The van der Waals surface area contributed by atoms with Crippen molar-refractivity contribution in [3.05, 3.63) is 46.2 Å². The van der Waals surface area contributed by atoms with Gasteiger partial charge in [-0.15, -0.1) is 0 Å². The molecule has 0 bridgehead atoms. The third-order valence-electron chi connectivity index (χ3n) is 2.80. The number of hydrogen-bond donors (Lipinski definition) is 1. The summed E-state index contributed by atoms with van der Waals surface area (Å²) in [6, 6.07) is 8.18. The first kappa shape index (κ1) is 12.8. The van der Waals surface area contributed by atoms with E-state index in [2.05, 4.69) is 26.0 Å². The maximum Gasteiger partial charge on any atom is 0.337 e. The van der Waals surface area contributed by atoms with E-state index >= 15 is 0 Å². The lowest BCUT2D eigenvalue weighted by Crippen LogP contribution is -1.96. The van der Waals surface area contributed by atoms with Crippen LogP contribution >= 0.6 is 11.3 Å². The van der Waals surface area contributed by atoms with Crippen molar-refractivity contribution < 1.29 is 9.90 Å². The summed E-state index contributed by atoms with van der Waals surface area (Å²) >= 11 is 1.42. The molecule has 0 spiro atoms. The summed E-state index contributed by atoms with van der Waals surface area (Å²) in [5, 5.41) is 12.7. The molecule has 2 rings (SSSR count). The summed E-state index contributed by atoms with van der Waals surface area (Å²) in [7, 11) is 0. The van der Waals surface area contributed by atoms with Crippen LogP contribution in [0.2, 0.25) is 0 Å². The Labute approximate surface area is 111 Å². The Morgan fingerprint density at radius 1 is 1.22 bits per heavy atom. The van der Waals surface area contributed by atoms with Gasteiger partial charge in [-0.2, -0.15) is 11.3 Å². The van der Waals surface area contributed by atoms with Crippen LogP contribution in [-0.2, 0) is 6.42 Å². The van der Waals surface area contributed by atoms with E-state index < -0.39 is 5.97 Å². The quantitative estimate of drug-likeness (QED) is 0.889. The second kappa shape index (κ2) is 5.36. The molecule has 0 aliphatic heterocycles. The molecule has 94 valence electrons. The Morgan fingerprint density at radius 3 is 2.44 bits per heavy atom. The molecule has 0 unspecified atom stereocenters. The minimum atomic E-state index is -0.863. The Kier molecular flexibility index (Phi) is 3.82. The van der Waals surface area contributed by atoms with Crippen molar-refractivity contribution >= 4 is 17.3 Å². The lowest BCUT2D eigenvalue weighted by molar-refractivity contribution is 0.0698. The summed E-state index contributed by atoms with van der Waals surface area (Å²) < 4.78 is 0. The van der Waals surface area contributed by atoms with Gasteiger partial charge in [-0.1, -0.05) is 38.1 Å². The Balaban J connectivity index is 2.29. The van der Waals surface area contributed by atoms with Gasteiger partial charge < -0.3 is 5.11 Å². The first-order chi connectivity index (χ1) is 8.58. The Hall–Kier alpha value is -1.61. The molecule has 2 aromatic rings. The first-order valence-corrected chi connectivity index (χ1v) is 6.91. The molecule has 1 aromatic carbocycles. The molecule has 1 aromatic heterocycles. The van der Waals surface area contributed by atoms with Crippen LogP contribution in [-0.4, -0.2) is 11.1 Å². The molecule has 0 saturated carbocycles. The standard InChI is InChI=1S/C15H16O2S/c1-10(2)7-11-3-5-12(6-4-11)13-8-18-9-14(13)15(16)17/h3-6,8-10H,7H2,1-2H3,(H,16,17). The number of hydrogen-bond acceptors (Lipinski definition) is 2. The minimum Gasteiger partial charge on any atom is -0.478 e. The zero-order chi connectivity index (χ0) is 13.1. The van der Waals surface area contributed by atoms with Gasteiger partial charge >= 0.3 is 5.97 Å². The van der Waals surface area contributed by atoms with Crippen molar-refractivity contribution in [2.75, 3.05) is 0 Å². The monoisotopic (exact) mass is 260 g/mol. The molecule has 0 saturated heterocycles. The largest absolute Gasteiger partial charge is 0.478 e. The molecule has 2 nitrogen and oxygen atoms in total. The van der Waals surface area contributed by atoms with Gasteiger partial charge in [0.25, 0.3) is 0 Å². The Bertz CT molecular complexity index is 538. The normalized spacial score (nSPS) is 10.8. The summed E-state index contributed by atoms with van der Waals surface area (Å²) in [6.07, 6.45) is 1.05. The molecule has 0 aliphatic rings. The molecule has 0 aliphatic carbocycles. The number of aromatic carboxylic acids is 1. The predicted octanol–water partition coefficient (Wildman–Crippen LogP) is 4.31. The maximum atomic E-state index is 11.1. The summed E-state index contributed by atoms with van der Waals surface area (Å²) in [5.74, 6) is -0.232. The maximum absolute atomic E-state index is 11.1. The van der Waals surface area contributed by atoms with Crippen molar-refractivity contribution in [2.45, 2.75) is 20.3 Å². The molecular weight excluding hydrogens is 244 g/mol. The van der Waals surface area contributed by atoms with Crippen LogP contribution in [0.5, 0.6) is 0 Å². The van der Waals surface area contributed by atoms with Crippen molar-refractivity contribution in [3.63, 3.8) is 0 Å². The summed E-state index contributed by atoms with van der Waals surface area (Å²) in [5.41, 5.74) is 3.46. The van der Waals surface area contributed by atoms with E-state index in [0.29, 0.717) is 11.5 Å². The van der Waals surface area contributed by atoms with Crippen LogP contribution in [0, 0.1) is 5.92 Å². The Morgan fingerprint density at radius 2 is 1.89 bits per heavy atom. The lowest BCUT2D eigenvalue weighted by atomic mass is 9.99. The zero-order valence-electron chi connectivity index (χ0n) is 10.5. The number of carboxylic acid groups (broad SMARTS) is 1. The van der Waals surface area contributed by atoms with Gasteiger partial charge in [0.15, 0.2) is 0 Å². The van der Waals surface area contributed by atoms with Crippen LogP contribution < -0.4 is 0 Å². The topological polar surface area (TPSA) is 37.3 Å². The number of carboxylic acids is 1. The van der Waals surface area contributed by atoms with E-state index in [9.17, 15) is 4.79 Å². The summed E-state index contributed by atoms with van der Waals surface area (Å²) in [4.78, 5) is 11.1. The van der Waals surface area contributed by atoms with Gasteiger partial charge in [-0.25, -0.2) is 4.79 Å². The highest BCUT2D eigenvalue weighted by atomic mass is 32.1. The average molecular weight is 260 g/mol. The molecule has 0 fully saturated rings. The third-order valence-corrected chi connectivity index (χ3v) is 3.54. The average Bonchev–Trinajstić information content (AvgIpc) is 2.78. The fourth-order valence-electron chi connectivity index (χ4n) is 1.98. The van der Waals surface area contributed by atoms with E-state index in [1.165, 1.54) is 16.9 Å². The minimum absolute atomic E-state index is 0.386. The van der Waals surface area contributed by atoms with E-state index in [-0.39, 0.29) is 0 Å². The highest BCUT2D eigenvalue weighted by Crippen LogP contribution is 2.28. The molecule has 0 amide bonds. The molecule has 0 atom stereocenters. The fourth-order valence-corrected chi connectivity index (χ4v) is 2.81. The van der Waals surface area contributed by atoms with E-state index in [0.717, 1.165) is 17.5 Å². The SMILES string of the molecule is CC(C)Cc1ccc(-c2cscc2C(=O)O)cc1. The highest BCUT2D eigenvalue weighted by Gasteiger charge is 2.12. The van der Waals surface area contributed by atoms with Gasteiger partial charge in [-0.05, 0) is 28.8 Å². The van der Waals surface area contributed by atoms with E-state index in [1.54, 1.807) is 5.38 Å². The van der Waals surface area contributed by atoms with Gasteiger partial charge in [-0.3, -0.25) is 0 Å². The summed E-state index contributed by atoms with van der Waals surface area (Å²) in [6.45, 7) is 4.38. The van der Waals surface area contributed by atoms with Gasteiger partial charge in [0, 0.05) is 10.9 Å². The number of rotatable bonds is 4. The van der Waals surface area contributed by atoms with Gasteiger partial charge in [0.05, 0.1) is 5.56 Å². The molecule has 0 radical (unpaired) electrons. The number of carbonyl (C=O) groups is 1. The van der Waals surface area contributed by atoms with Crippen molar-refractivity contribution in [1.82, 2.24) is 0 Å². The van der Waals surface area contributed by atoms with Crippen LogP contribution in [0.15, 0.2) is 35.0 Å². The smallest absolute Gasteiger partial charge is 0.337 e.